The van der Waals surface area contributed by atoms with Crippen LogP contribution in [0.2, 0.25) is 0 Å². The second-order valence-electron chi connectivity index (χ2n) is 5.50. The van der Waals surface area contributed by atoms with Crippen molar-refractivity contribution in [3.8, 4) is 11.5 Å². The lowest BCUT2D eigenvalue weighted by Gasteiger charge is -2.10. The number of benzene rings is 2. The number of nitrogens with one attached hydrogen (secondary N) is 2. The molecule has 0 unspecified atom stereocenters. The lowest BCUT2D eigenvalue weighted by atomic mass is 10.2. The molecule has 0 aliphatic carbocycles. The summed E-state index contributed by atoms with van der Waals surface area (Å²) in [5.74, 6) is 1.32. The van der Waals surface area contributed by atoms with Gasteiger partial charge in [0.1, 0.15) is 6.33 Å². The van der Waals surface area contributed by atoms with E-state index in [0.717, 1.165) is 4.47 Å². The fourth-order valence-corrected chi connectivity index (χ4v) is 2.95. The molecule has 2 aromatic carbocycles. The van der Waals surface area contributed by atoms with Gasteiger partial charge in [0.15, 0.2) is 11.5 Å². The minimum atomic E-state index is -0.532. The standard InChI is InChI=1S/C17H12BrN5O4/c18-10-2-1-3-11(6-10)21-16-15(23(24)25)17(20-8-19-16)22-12-4-5-13-14(7-12)27-9-26-13/h1-8H,9H2,(H2,19,20,21,22). The van der Waals surface area contributed by atoms with E-state index in [9.17, 15) is 10.1 Å². The molecule has 10 heteroatoms. The Morgan fingerprint density at radius 1 is 1.00 bits per heavy atom. The van der Waals surface area contributed by atoms with E-state index >= 15 is 0 Å². The van der Waals surface area contributed by atoms with Crippen LogP contribution in [0, 0.1) is 10.1 Å². The molecular weight excluding hydrogens is 418 g/mol. The van der Waals surface area contributed by atoms with Gasteiger partial charge in [0.05, 0.1) is 4.92 Å². The minimum Gasteiger partial charge on any atom is -0.454 e. The number of ether oxygens (including phenoxy) is 2. The van der Waals surface area contributed by atoms with Crippen LogP contribution in [-0.4, -0.2) is 21.7 Å². The second kappa shape index (κ2) is 7.08. The first-order valence-electron chi connectivity index (χ1n) is 7.79. The van der Waals surface area contributed by atoms with Gasteiger partial charge in [-0.3, -0.25) is 10.1 Å². The molecule has 2 N–H and O–H groups in total. The molecule has 9 nitrogen and oxygen atoms in total. The maximum absolute atomic E-state index is 11.7. The zero-order valence-electron chi connectivity index (χ0n) is 13.7. The van der Waals surface area contributed by atoms with Gasteiger partial charge in [-0.25, -0.2) is 9.97 Å². The highest BCUT2D eigenvalue weighted by atomic mass is 79.9. The number of fused-ring (bicyclic) bond motifs is 1. The lowest BCUT2D eigenvalue weighted by molar-refractivity contribution is -0.383. The Morgan fingerprint density at radius 3 is 2.41 bits per heavy atom. The lowest BCUT2D eigenvalue weighted by Crippen LogP contribution is -2.05. The van der Waals surface area contributed by atoms with E-state index in [1.807, 2.05) is 12.1 Å². The molecule has 27 heavy (non-hydrogen) atoms. The van der Waals surface area contributed by atoms with Crippen molar-refractivity contribution in [1.82, 2.24) is 9.97 Å². The van der Waals surface area contributed by atoms with Gasteiger partial charge in [0.2, 0.25) is 18.4 Å². The monoisotopic (exact) mass is 429 g/mol. The van der Waals surface area contributed by atoms with Gasteiger partial charge < -0.3 is 20.1 Å². The van der Waals surface area contributed by atoms with Crippen molar-refractivity contribution in [3.63, 3.8) is 0 Å². The Hall–Kier alpha value is -3.40. The van der Waals surface area contributed by atoms with Crippen LogP contribution in [0.1, 0.15) is 0 Å². The summed E-state index contributed by atoms with van der Waals surface area (Å²) in [5, 5.41) is 17.6. The van der Waals surface area contributed by atoms with Crippen molar-refractivity contribution in [2.24, 2.45) is 0 Å². The average molecular weight is 430 g/mol. The molecule has 0 fully saturated rings. The van der Waals surface area contributed by atoms with Gasteiger partial charge in [-0.1, -0.05) is 22.0 Å². The van der Waals surface area contributed by atoms with Crippen LogP contribution < -0.4 is 20.1 Å². The minimum absolute atomic E-state index is 0.0614. The largest absolute Gasteiger partial charge is 0.454 e. The predicted octanol–water partition coefficient (Wildman–Crippen LogP) is 4.36. The third kappa shape index (κ3) is 3.60. The van der Waals surface area contributed by atoms with Crippen LogP contribution in [0.15, 0.2) is 53.3 Å². The Morgan fingerprint density at radius 2 is 1.70 bits per heavy atom. The molecule has 1 aliphatic rings. The van der Waals surface area contributed by atoms with Gasteiger partial charge in [-0.15, -0.1) is 0 Å². The number of rotatable bonds is 5. The van der Waals surface area contributed by atoms with E-state index in [2.05, 4.69) is 36.5 Å². The summed E-state index contributed by atoms with van der Waals surface area (Å²) in [6, 6.07) is 12.4. The summed E-state index contributed by atoms with van der Waals surface area (Å²) in [7, 11) is 0. The summed E-state index contributed by atoms with van der Waals surface area (Å²) in [4.78, 5) is 19.2. The van der Waals surface area contributed by atoms with Crippen molar-refractivity contribution < 1.29 is 14.4 Å². The van der Waals surface area contributed by atoms with Gasteiger partial charge in [-0.05, 0) is 30.3 Å². The van der Waals surface area contributed by atoms with Crippen molar-refractivity contribution in [2.75, 3.05) is 17.4 Å². The summed E-state index contributed by atoms with van der Waals surface area (Å²) < 4.78 is 11.4. The molecular formula is C17H12BrN5O4. The molecule has 3 aromatic rings. The van der Waals surface area contributed by atoms with Crippen LogP contribution in [0.5, 0.6) is 11.5 Å². The van der Waals surface area contributed by atoms with Gasteiger partial charge in [-0.2, -0.15) is 0 Å². The fourth-order valence-electron chi connectivity index (χ4n) is 2.55. The van der Waals surface area contributed by atoms with Crippen molar-refractivity contribution in [2.45, 2.75) is 0 Å². The number of nitro groups is 1. The van der Waals surface area contributed by atoms with Gasteiger partial charge in [0, 0.05) is 21.9 Å². The third-order valence-corrected chi connectivity index (χ3v) is 4.22. The van der Waals surface area contributed by atoms with E-state index in [1.54, 1.807) is 30.3 Å². The van der Waals surface area contributed by atoms with Crippen molar-refractivity contribution >= 4 is 44.6 Å². The molecule has 0 radical (unpaired) electrons. The van der Waals surface area contributed by atoms with Crippen LogP contribution in [-0.2, 0) is 0 Å². The molecule has 0 saturated carbocycles. The first kappa shape index (κ1) is 17.0. The molecule has 0 bridgehead atoms. The van der Waals surface area contributed by atoms with Gasteiger partial charge >= 0.3 is 5.69 Å². The van der Waals surface area contributed by atoms with E-state index in [-0.39, 0.29) is 24.1 Å². The highest BCUT2D eigenvalue weighted by Gasteiger charge is 2.24. The van der Waals surface area contributed by atoms with Crippen LogP contribution in [0.3, 0.4) is 0 Å². The summed E-state index contributed by atoms with van der Waals surface area (Å²) in [6.07, 6.45) is 1.25. The van der Waals surface area contributed by atoms with Crippen molar-refractivity contribution in [3.05, 3.63) is 63.4 Å². The second-order valence-corrected chi connectivity index (χ2v) is 6.42. The fraction of sp³-hybridized carbons (Fsp3) is 0.0588. The Bertz CT molecular complexity index is 1030. The molecule has 136 valence electrons. The normalized spacial score (nSPS) is 11.9. The number of halogens is 1. The molecule has 0 amide bonds. The van der Waals surface area contributed by atoms with Crippen LogP contribution >= 0.6 is 15.9 Å². The maximum atomic E-state index is 11.7. The third-order valence-electron chi connectivity index (χ3n) is 3.73. The van der Waals surface area contributed by atoms with Crippen LogP contribution in [0.25, 0.3) is 0 Å². The molecule has 1 aromatic heterocycles. The van der Waals surface area contributed by atoms with E-state index in [0.29, 0.717) is 22.9 Å². The number of anilines is 4. The van der Waals surface area contributed by atoms with E-state index in [1.165, 1.54) is 6.33 Å². The number of nitrogens with zero attached hydrogens (tertiary/aromatic N) is 3. The van der Waals surface area contributed by atoms with Crippen LogP contribution in [0.4, 0.5) is 28.7 Å². The Kier molecular flexibility index (Phi) is 4.47. The molecule has 1 aliphatic heterocycles. The Balaban J connectivity index is 1.67. The van der Waals surface area contributed by atoms with Gasteiger partial charge in [0.25, 0.3) is 0 Å². The number of hydrogen-bond acceptors (Lipinski definition) is 8. The van der Waals surface area contributed by atoms with E-state index < -0.39 is 4.92 Å². The maximum Gasteiger partial charge on any atom is 0.353 e. The number of aromatic nitrogens is 2. The highest BCUT2D eigenvalue weighted by Crippen LogP contribution is 2.37. The first-order valence-corrected chi connectivity index (χ1v) is 8.58. The molecule has 0 atom stereocenters. The summed E-state index contributed by atoms with van der Waals surface area (Å²) in [5.41, 5.74) is 0.963. The molecule has 0 saturated heterocycles. The average Bonchev–Trinajstić information content (AvgIpc) is 3.09. The topological polar surface area (TPSA) is 111 Å². The first-order chi connectivity index (χ1) is 13.1. The quantitative estimate of drug-likeness (QED) is 0.454. The SMILES string of the molecule is O=[N+]([O-])c1c(Nc2cccc(Br)c2)ncnc1Nc1ccc2c(c1)OCO2. The highest BCUT2D eigenvalue weighted by molar-refractivity contribution is 9.10. The smallest absolute Gasteiger partial charge is 0.353 e. The zero-order valence-corrected chi connectivity index (χ0v) is 15.3. The zero-order chi connectivity index (χ0) is 18.8. The number of hydrogen-bond donors (Lipinski definition) is 2. The van der Waals surface area contributed by atoms with Crippen molar-refractivity contribution in [1.29, 1.82) is 0 Å². The molecule has 0 spiro atoms. The van der Waals surface area contributed by atoms with E-state index in [4.69, 9.17) is 9.47 Å². The molecule has 2 heterocycles. The summed E-state index contributed by atoms with van der Waals surface area (Å²) >= 11 is 3.37. The summed E-state index contributed by atoms with van der Waals surface area (Å²) in [6.45, 7) is 0.146. The molecule has 4 rings (SSSR count). The predicted molar refractivity (Wildman–Crippen MR) is 102 cm³/mol. The Labute approximate surface area is 161 Å².